The summed E-state index contributed by atoms with van der Waals surface area (Å²) in [6.07, 6.45) is 51.6. The number of carbonyl (C=O) groups is 4. The number of phosphoric ester groups is 2. The number of aliphatic hydroxyl groups excluding tert-OH is 1. The summed E-state index contributed by atoms with van der Waals surface area (Å²) in [5.74, 6) is 0.910. The van der Waals surface area contributed by atoms with Gasteiger partial charge in [0.05, 0.1) is 26.4 Å². The molecule has 0 bridgehead atoms. The molecule has 0 spiro atoms. The third kappa shape index (κ3) is 69.2. The summed E-state index contributed by atoms with van der Waals surface area (Å²) in [4.78, 5) is 72.8. The number of hydrogen-bond acceptors (Lipinski definition) is 15. The zero-order chi connectivity index (χ0) is 71.0. The van der Waals surface area contributed by atoms with Crippen LogP contribution in [-0.2, 0) is 65.4 Å². The summed E-state index contributed by atoms with van der Waals surface area (Å²) in [7, 11) is -9.91. The summed E-state index contributed by atoms with van der Waals surface area (Å²) in [5, 5.41) is 10.6. The molecule has 0 aliphatic carbocycles. The minimum absolute atomic E-state index is 0.102. The highest BCUT2D eigenvalue weighted by atomic mass is 31.2. The van der Waals surface area contributed by atoms with E-state index in [-0.39, 0.29) is 25.7 Å². The molecule has 0 aromatic heterocycles. The van der Waals surface area contributed by atoms with Crippen molar-refractivity contribution in [3.8, 4) is 0 Å². The highest BCUT2D eigenvalue weighted by molar-refractivity contribution is 7.47. The Morgan fingerprint density at radius 2 is 0.500 bits per heavy atom. The predicted molar refractivity (Wildman–Crippen MR) is 391 cm³/mol. The molecule has 3 N–H and O–H groups in total. The lowest BCUT2D eigenvalue weighted by molar-refractivity contribution is -0.161. The van der Waals surface area contributed by atoms with E-state index in [0.29, 0.717) is 31.6 Å². The molecule has 0 aromatic rings. The Hall–Kier alpha value is -1.94. The van der Waals surface area contributed by atoms with E-state index in [0.717, 1.165) is 114 Å². The third-order valence-electron chi connectivity index (χ3n) is 18.2. The topological polar surface area (TPSA) is 237 Å². The zero-order valence-electron chi connectivity index (χ0n) is 63.0. The van der Waals surface area contributed by atoms with Gasteiger partial charge in [-0.1, -0.05) is 338 Å². The monoisotopic (exact) mass is 1410 g/mol. The molecule has 0 fully saturated rings. The van der Waals surface area contributed by atoms with E-state index in [2.05, 4.69) is 55.4 Å². The van der Waals surface area contributed by atoms with E-state index in [4.69, 9.17) is 37.0 Å². The van der Waals surface area contributed by atoms with E-state index in [1.807, 2.05) is 0 Å². The number of esters is 4. The first-order chi connectivity index (χ1) is 46.1. The van der Waals surface area contributed by atoms with Crippen molar-refractivity contribution in [2.75, 3.05) is 39.6 Å². The number of aliphatic hydroxyl groups is 1. The largest absolute Gasteiger partial charge is 0.472 e. The van der Waals surface area contributed by atoms with Crippen LogP contribution in [0.1, 0.15) is 389 Å². The van der Waals surface area contributed by atoms with Crippen molar-refractivity contribution < 1.29 is 80.2 Å². The molecule has 0 aliphatic heterocycles. The Bertz CT molecular complexity index is 1890. The molecule has 0 radical (unpaired) electrons. The van der Waals surface area contributed by atoms with E-state index in [9.17, 15) is 43.2 Å². The molecular weight excluding hydrogens is 1260 g/mol. The Morgan fingerprint density at radius 3 is 0.740 bits per heavy atom. The van der Waals surface area contributed by atoms with Gasteiger partial charge in [-0.15, -0.1) is 0 Å². The molecule has 0 aliphatic rings. The molecule has 570 valence electrons. The summed E-state index contributed by atoms with van der Waals surface area (Å²) < 4.78 is 68.5. The summed E-state index contributed by atoms with van der Waals surface area (Å²) in [6, 6.07) is 0. The molecule has 0 saturated carbocycles. The average Bonchev–Trinajstić information content (AvgIpc) is 3.56. The molecule has 0 saturated heterocycles. The zero-order valence-corrected chi connectivity index (χ0v) is 64.8. The van der Waals surface area contributed by atoms with Crippen LogP contribution in [0, 0.1) is 23.7 Å². The van der Waals surface area contributed by atoms with Gasteiger partial charge in [-0.05, 0) is 49.4 Å². The molecule has 0 rings (SSSR count). The van der Waals surface area contributed by atoms with Gasteiger partial charge in [0.15, 0.2) is 12.2 Å². The van der Waals surface area contributed by atoms with Crippen molar-refractivity contribution in [1.82, 2.24) is 0 Å². The van der Waals surface area contributed by atoms with Crippen molar-refractivity contribution in [3.05, 3.63) is 0 Å². The van der Waals surface area contributed by atoms with Gasteiger partial charge in [0.2, 0.25) is 0 Å². The van der Waals surface area contributed by atoms with Crippen molar-refractivity contribution in [2.24, 2.45) is 23.7 Å². The fourth-order valence-electron chi connectivity index (χ4n) is 11.7. The van der Waals surface area contributed by atoms with Crippen molar-refractivity contribution in [3.63, 3.8) is 0 Å². The molecule has 0 amide bonds. The molecule has 19 heteroatoms. The van der Waals surface area contributed by atoms with E-state index >= 15 is 0 Å². The lowest BCUT2D eigenvalue weighted by atomic mass is 10.00. The molecule has 96 heavy (non-hydrogen) atoms. The van der Waals surface area contributed by atoms with Crippen LogP contribution in [0.15, 0.2) is 0 Å². The van der Waals surface area contributed by atoms with Crippen LogP contribution < -0.4 is 0 Å². The van der Waals surface area contributed by atoms with Gasteiger partial charge in [0, 0.05) is 25.7 Å². The van der Waals surface area contributed by atoms with Gasteiger partial charge in [-0.2, -0.15) is 0 Å². The standard InChI is InChI=1S/C77H150O17P2/c1-9-70(8)56-48-40-35-36-44-52-60-77(82)94-73(64-88-75(80)58-50-42-34-28-31-39-47-55-69(6)7)66-92-96(85,86)90-62-71(78)61-89-95(83,84)91-65-72(63-87-74(79)57-49-41-32-26-22-18-15-14-17-21-25-30-38-46-54-68(4)5)93-76(81)59-51-43-33-27-23-19-13-11-10-12-16-20-24-29-37-45-53-67(2)3/h67-73,78H,9-66H2,1-8H3,(H,83,84)(H,85,86)/t70?,71?,72-,73-/m1/s1. The number of unbranched alkanes of at least 4 members (excludes halogenated alkanes) is 39. The quantitative estimate of drug-likeness (QED) is 0.0222. The van der Waals surface area contributed by atoms with Gasteiger partial charge in [-0.25, -0.2) is 9.13 Å². The maximum Gasteiger partial charge on any atom is 0.472 e. The van der Waals surface area contributed by atoms with Gasteiger partial charge in [0.1, 0.15) is 19.3 Å². The smallest absolute Gasteiger partial charge is 0.462 e. The van der Waals surface area contributed by atoms with Gasteiger partial charge < -0.3 is 33.8 Å². The Labute approximate surface area is 588 Å². The van der Waals surface area contributed by atoms with E-state index in [1.165, 1.54) is 186 Å². The van der Waals surface area contributed by atoms with Crippen LogP contribution >= 0.6 is 15.6 Å². The lowest BCUT2D eigenvalue weighted by Crippen LogP contribution is -2.30. The molecule has 0 aromatic carbocycles. The van der Waals surface area contributed by atoms with Crippen molar-refractivity contribution >= 4 is 39.5 Å². The van der Waals surface area contributed by atoms with E-state index in [1.54, 1.807) is 0 Å². The normalized spacial score (nSPS) is 14.4. The SMILES string of the molecule is CCC(C)CCCCCCCCC(=O)O[C@H](COC(=O)CCCCCCCCCC(C)C)COP(=O)(O)OCC(O)COP(=O)(O)OC[C@@H](COC(=O)CCCCCCCCCCCCCCCCC(C)C)OC(=O)CCCCCCCCCCCCCCCCCCC(C)C. The summed E-state index contributed by atoms with van der Waals surface area (Å²) >= 11 is 0. The predicted octanol–water partition coefficient (Wildman–Crippen LogP) is 22.4. The number of ether oxygens (including phenoxy) is 4. The van der Waals surface area contributed by atoms with Crippen LogP contribution in [0.4, 0.5) is 0 Å². The third-order valence-corrected chi connectivity index (χ3v) is 20.1. The van der Waals surface area contributed by atoms with Gasteiger partial charge >= 0.3 is 39.5 Å². The Morgan fingerprint density at radius 1 is 0.292 bits per heavy atom. The number of phosphoric acid groups is 2. The highest BCUT2D eigenvalue weighted by Gasteiger charge is 2.30. The van der Waals surface area contributed by atoms with E-state index < -0.39 is 97.5 Å². The minimum Gasteiger partial charge on any atom is -0.462 e. The van der Waals surface area contributed by atoms with Crippen molar-refractivity contribution in [1.29, 1.82) is 0 Å². The van der Waals surface area contributed by atoms with Crippen LogP contribution in [-0.4, -0.2) is 96.7 Å². The number of rotatable bonds is 74. The summed E-state index contributed by atoms with van der Waals surface area (Å²) in [5.41, 5.74) is 0. The second-order valence-electron chi connectivity index (χ2n) is 29.4. The first-order valence-corrected chi connectivity index (χ1v) is 42.7. The first-order valence-electron chi connectivity index (χ1n) is 39.7. The van der Waals surface area contributed by atoms with Crippen molar-refractivity contribution in [2.45, 2.75) is 408 Å². The maximum atomic E-state index is 13.1. The number of hydrogen-bond donors (Lipinski definition) is 3. The van der Waals surface area contributed by atoms with Crippen LogP contribution in [0.5, 0.6) is 0 Å². The van der Waals surface area contributed by atoms with Gasteiger partial charge in [0.25, 0.3) is 0 Å². The fraction of sp³-hybridized carbons (Fsp3) is 0.948. The lowest BCUT2D eigenvalue weighted by Gasteiger charge is -2.21. The first kappa shape index (κ1) is 94.1. The molecule has 0 heterocycles. The van der Waals surface area contributed by atoms with Crippen LogP contribution in [0.2, 0.25) is 0 Å². The minimum atomic E-state index is -4.96. The number of carbonyl (C=O) groups excluding carboxylic acids is 4. The van der Waals surface area contributed by atoms with Crippen LogP contribution in [0.25, 0.3) is 0 Å². The maximum absolute atomic E-state index is 13.1. The average molecular weight is 1410 g/mol. The fourth-order valence-corrected chi connectivity index (χ4v) is 13.3. The summed E-state index contributed by atoms with van der Waals surface area (Å²) in [6.45, 7) is 14.2. The Balaban J connectivity index is 5.22. The Kier molecular flexibility index (Phi) is 65.0. The van der Waals surface area contributed by atoms with Crippen LogP contribution in [0.3, 0.4) is 0 Å². The van der Waals surface area contributed by atoms with Gasteiger partial charge in [-0.3, -0.25) is 37.3 Å². The highest BCUT2D eigenvalue weighted by Crippen LogP contribution is 2.45. The molecule has 4 unspecified atom stereocenters. The molecular formula is C77H150O17P2. The second kappa shape index (κ2) is 66.3. The molecule has 17 nitrogen and oxygen atoms in total. The second-order valence-corrected chi connectivity index (χ2v) is 32.3. The molecule has 6 atom stereocenters.